The summed E-state index contributed by atoms with van der Waals surface area (Å²) >= 11 is 3.40. The first kappa shape index (κ1) is 12.9. The Balaban J connectivity index is 1.77. The van der Waals surface area contributed by atoms with Crippen molar-refractivity contribution in [2.75, 3.05) is 5.32 Å². The maximum absolute atomic E-state index is 5.62. The second-order valence-electron chi connectivity index (χ2n) is 4.43. The molecule has 0 aliphatic carbocycles. The fourth-order valence-electron chi connectivity index (χ4n) is 1.93. The number of aromatic nitrogens is 3. The molecule has 0 saturated carbocycles. The van der Waals surface area contributed by atoms with Gasteiger partial charge in [-0.3, -0.25) is 10.1 Å². The van der Waals surface area contributed by atoms with Crippen molar-refractivity contribution in [3.8, 4) is 11.5 Å². The molecule has 2 N–H and O–H groups in total. The molecule has 0 unspecified atom stereocenters. The van der Waals surface area contributed by atoms with E-state index in [1.807, 2.05) is 25.1 Å². The molecule has 5 nitrogen and oxygen atoms in total. The van der Waals surface area contributed by atoms with Crippen LogP contribution in [-0.4, -0.2) is 15.2 Å². The van der Waals surface area contributed by atoms with E-state index in [9.17, 15) is 0 Å². The second-order valence-corrected chi connectivity index (χ2v) is 5.34. The Morgan fingerprint density at radius 2 is 2.20 bits per heavy atom. The quantitative estimate of drug-likeness (QED) is 0.763. The Bertz CT molecular complexity index is 719. The zero-order chi connectivity index (χ0) is 13.9. The van der Waals surface area contributed by atoms with Crippen LogP contribution in [0.4, 0.5) is 5.69 Å². The Kier molecular flexibility index (Phi) is 3.56. The summed E-state index contributed by atoms with van der Waals surface area (Å²) in [6.45, 7) is 2.56. The van der Waals surface area contributed by atoms with E-state index >= 15 is 0 Å². The SMILES string of the molecule is Cc1ccc(-c2[nH]ncc2CNc2cncc(Br)c2)o1. The first-order chi connectivity index (χ1) is 9.72. The lowest BCUT2D eigenvalue weighted by Gasteiger charge is -2.06. The molecule has 3 heterocycles. The summed E-state index contributed by atoms with van der Waals surface area (Å²) in [5, 5.41) is 10.4. The summed E-state index contributed by atoms with van der Waals surface area (Å²) in [5.74, 6) is 1.67. The molecule has 0 amide bonds. The molecular formula is C14H13BrN4O. The minimum atomic E-state index is 0.643. The van der Waals surface area contributed by atoms with Crippen molar-refractivity contribution < 1.29 is 4.42 Å². The molecule has 102 valence electrons. The average molecular weight is 333 g/mol. The van der Waals surface area contributed by atoms with E-state index in [-0.39, 0.29) is 0 Å². The monoisotopic (exact) mass is 332 g/mol. The molecule has 6 heteroatoms. The van der Waals surface area contributed by atoms with Crippen LogP contribution in [0.1, 0.15) is 11.3 Å². The summed E-state index contributed by atoms with van der Waals surface area (Å²) in [5.41, 5.74) is 2.88. The van der Waals surface area contributed by atoms with Gasteiger partial charge in [0.15, 0.2) is 5.76 Å². The van der Waals surface area contributed by atoms with Crippen molar-refractivity contribution in [2.24, 2.45) is 0 Å². The second kappa shape index (κ2) is 5.50. The number of rotatable bonds is 4. The van der Waals surface area contributed by atoms with E-state index in [0.29, 0.717) is 6.54 Å². The number of hydrogen-bond donors (Lipinski definition) is 2. The molecule has 0 aliphatic heterocycles. The lowest BCUT2D eigenvalue weighted by Crippen LogP contribution is -2.00. The Labute approximate surface area is 124 Å². The van der Waals surface area contributed by atoms with Gasteiger partial charge < -0.3 is 9.73 Å². The number of pyridine rings is 1. The number of hydrogen-bond acceptors (Lipinski definition) is 4. The summed E-state index contributed by atoms with van der Waals surface area (Å²) < 4.78 is 6.56. The molecule has 3 aromatic heterocycles. The molecule has 3 aromatic rings. The summed E-state index contributed by atoms with van der Waals surface area (Å²) in [7, 11) is 0. The largest absolute Gasteiger partial charge is 0.460 e. The van der Waals surface area contributed by atoms with Crippen LogP contribution in [-0.2, 0) is 6.54 Å². The van der Waals surface area contributed by atoms with Gasteiger partial charge in [-0.05, 0) is 41.1 Å². The number of aromatic amines is 1. The van der Waals surface area contributed by atoms with Gasteiger partial charge in [0.1, 0.15) is 11.5 Å². The van der Waals surface area contributed by atoms with Crippen LogP contribution >= 0.6 is 15.9 Å². The van der Waals surface area contributed by atoms with Crippen molar-refractivity contribution >= 4 is 21.6 Å². The summed E-state index contributed by atoms with van der Waals surface area (Å²) in [6, 6.07) is 5.85. The topological polar surface area (TPSA) is 66.7 Å². The number of nitrogens with zero attached hydrogens (tertiary/aromatic N) is 2. The van der Waals surface area contributed by atoms with Crippen molar-refractivity contribution in [1.82, 2.24) is 15.2 Å². The highest BCUT2D eigenvalue weighted by atomic mass is 79.9. The predicted octanol–water partition coefficient (Wildman–Crippen LogP) is 3.75. The highest BCUT2D eigenvalue weighted by Gasteiger charge is 2.10. The van der Waals surface area contributed by atoms with Gasteiger partial charge in [-0.1, -0.05) is 0 Å². The van der Waals surface area contributed by atoms with Crippen LogP contribution in [0.2, 0.25) is 0 Å². The van der Waals surface area contributed by atoms with Crippen LogP contribution in [0.15, 0.2) is 45.7 Å². The van der Waals surface area contributed by atoms with Gasteiger partial charge in [-0.25, -0.2) is 0 Å². The van der Waals surface area contributed by atoms with E-state index in [0.717, 1.165) is 32.9 Å². The number of furan rings is 1. The number of aryl methyl sites for hydroxylation is 1. The molecule has 0 spiro atoms. The molecule has 0 saturated heterocycles. The molecule has 0 atom stereocenters. The van der Waals surface area contributed by atoms with E-state index < -0.39 is 0 Å². The lowest BCUT2D eigenvalue weighted by atomic mass is 10.2. The van der Waals surface area contributed by atoms with Crippen molar-refractivity contribution in [1.29, 1.82) is 0 Å². The first-order valence-corrected chi connectivity index (χ1v) is 6.95. The molecule has 0 aliphatic rings. The molecule has 0 bridgehead atoms. The maximum atomic E-state index is 5.62. The van der Waals surface area contributed by atoms with E-state index in [4.69, 9.17) is 4.42 Å². The van der Waals surface area contributed by atoms with Crippen LogP contribution in [0.25, 0.3) is 11.5 Å². The zero-order valence-corrected chi connectivity index (χ0v) is 12.4. The minimum Gasteiger partial charge on any atom is -0.460 e. The van der Waals surface area contributed by atoms with E-state index in [1.54, 1.807) is 18.6 Å². The van der Waals surface area contributed by atoms with Crippen LogP contribution in [0.3, 0.4) is 0 Å². The standard InChI is InChI=1S/C14H13BrN4O/c1-9-2-3-13(20-9)14-10(6-18-19-14)5-17-12-4-11(15)7-16-8-12/h2-4,6-8,17H,5H2,1H3,(H,18,19). The van der Waals surface area contributed by atoms with Crippen LogP contribution < -0.4 is 5.32 Å². The molecule has 0 aromatic carbocycles. The Morgan fingerprint density at radius 1 is 1.30 bits per heavy atom. The van der Waals surface area contributed by atoms with Crippen molar-refractivity contribution in [3.63, 3.8) is 0 Å². The van der Waals surface area contributed by atoms with E-state index in [1.165, 1.54) is 0 Å². The third kappa shape index (κ3) is 2.75. The lowest BCUT2D eigenvalue weighted by molar-refractivity contribution is 0.545. The normalized spacial score (nSPS) is 10.7. The van der Waals surface area contributed by atoms with Gasteiger partial charge in [-0.15, -0.1) is 0 Å². The highest BCUT2D eigenvalue weighted by molar-refractivity contribution is 9.10. The molecule has 3 rings (SSSR count). The molecular weight excluding hydrogens is 320 g/mol. The van der Waals surface area contributed by atoms with Gasteiger partial charge in [0, 0.05) is 22.8 Å². The first-order valence-electron chi connectivity index (χ1n) is 6.16. The van der Waals surface area contributed by atoms with Crippen molar-refractivity contribution in [2.45, 2.75) is 13.5 Å². The third-order valence-corrected chi connectivity index (χ3v) is 3.33. The molecule has 0 fully saturated rings. The number of halogens is 1. The number of nitrogens with one attached hydrogen (secondary N) is 2. The summed E-state index contributed by atoms with van der Waals surface area (Å²) in [6.07, 6.45) is 5.33. The van der Waals surface area contributed by atoms with E-state index in [2.05, 4.69) is 36.4 Å². The minimum absolute atomic E-state index is 0.643. The Hall–Kier alpha value is -2.08. The van der Waals surface area contributed by atoms with Crippen LogP contribution in [0, 0.1) is 6.92 Å². The number of anilines is 1. The highest BCUT2D eigenvalue weighted by Crippen LogP contribution is 2.24. The molecule has 0 radical (unpaired) electrons. The van der Waals surface area contributed by atoms with Gasteiger partial charge >= 0.3 is 0 Å². The predicted molar refractivity (Wildman–Crippen MR) is 80.3 cm³/mol. The maximum Gasteiger partial charge on any atom is 0.152 e. The summed E-state index contributed by atoms with van der Waals surface area (Å²) in [4.78, 5) is 4.12. The van der Waals surface area contributed by atoms with Crippen LogP contribution in [0.5, 0.6) is 0 Å². The Morgan fingerprint density at radius 3 is 2.95 bits per heavy atom. The third-order valence-electron chi connectivity index (χ3n) is 2.89. The van der Waals surface area contributed by atoms with Gasteiger partial charge in [0.05, 0.1) is 18.1 Å². The smallest absolute Gasteiger partial charge is 0.152 e. The zero-order valence-electron chi connectivity index (χ0n) is 10.9. The van der Waals surface area contributed by atoms with Gasteiger partial charge in [-0.2, -0.15) is 5.10 Å². The van der Waals surface area contributed by atoms with Gasteiger partial charge in [0.2, 0.25) is 0 Å². The fraction of sp³-hybridized carbons (Fsp3) is 0.143. The average Bonchev–Trinajstić information content (AvgIpc) is 3.04. The molecule has 20 heavy (non-hydrogen) atoms. The fourth-order valence-corrected chi connectivity index (χ4v) is 2.30. The van der Waals surface area contributed by atoms with Crippen molar-refractivity contribution in [3.05, 3.63) is 52.6 Å². The van der Waals surface area contributed by atoms with Gasteiger partial charge in [0.25, 0.3) is 0 Å². The number of H-pyrrole nitrogens is 1.